The first-order chi connectivity index (χ1) is 6.29. The van der Waals surface area contributed by atoms with E-state index in [1.165, 1.54) is 6.07 Å². The fourth-order valence-corrected chi connectivity index (χ4v) is 1.53. The number of nitrogens with one attached hydrogen (secondary N) is 1. The van der Waals surface area contributed by atoms with Crippen molar-refractivity contribution in [1.29, 1.82) is 0 Å². The predicted molar refractivity (Wildman–Crippen MR) is 51.7 cm³/mol. The molecule has 13 heavy (non-hydrogen) atoms. The van der Waals surface area contributed by atoms with Crippen molar-refractivity contribution in [3.63, 3.8) is 0 Å². The van der Waals surface area contributed by atoms with E-state index in [-0.39, 0.29) is 5.82 Å². The number of hydrogen-bond donors (Lipinski definition) is 1. The van der Waals surface area contributed by atoms with Gasteiger partial charge in [0, 0.05) is 5.56 Å². The number of rotatable bonds is 1. The maximum atomic E-state index is 13.3. The van der Waals surface area contributed by atoms with Gasteiger partial charge >= 0.3 is 0 Å². The Morgan fingerprint density at radius 3 is 2.69 bits per heavy atom. The average Bonchev–Trinajstić information content (AvgIpc) is 2.52. The number of halogens is 2. The zero-order valence-corrected chi connectivity index (χ0v) is 8.18. The van der Waals surface area contributed by atoms with Gasteiger partial charge in [0.25, 0.3) is 0 Å². The summed E-state index contributed by atoms with van der Waals surface area (Å²) < 4.78 is 14.0. The van der Waals surface area contributed by atoms with Crippen LogP contribution in [-0.4, -0.2) is 10.2 Å². The zero-order chi connectivity index (χ0) is 9.26. The van der Waals surface area contributed by atoms with Crippen LogP contribution in [0.15, 0.2) is 34.9 Å². The van der Waals surface area contributed by atoms with E-state index >= 15 is 0 Å². The molecule has 0 aliphatic heterocycles. The van der Waals surface area contributed by atoms with Gasteiger partial charge in [0.1, 0.15) is 5.82 Å². The van der Waals surface area contributed by atoms with Crippen LogP contribution in [0.4, 0.5) is 4.39 Å². The minimum atomic E-state index is -0.257. The van der Waals surface area contributed by atoms with Crippen molar-refractivity contribution in [3.8, 4) is 11.3 Å². The minimum Gasteiger partial charge on any atom is -0.277 e. The highest BCUT2D eigenvalue weighted by Crippen LogP contribution is 2.27. The third kappa shape index (κ3) is 1.49. The summed E-state index contributed by atoms with van der Waals surface area (Å²) in [5, 5.41) is 6.53. The summed E-state index contributed by atoms with van der Waals surface area (Å²) in [5.41, 5.74) is 1.19. The molecule has 0 radical (unpaired) electrons. The normalized spacial score (nSPS) is 10.3. The van der Waals surface area contributed by atoms with Crippen LogP contribution in [0.5, 0.6) is 0 Å². The van der Waals surface area contributed by atoms with Crippen molar-refractivity contribution in [2.45, 2.75) is 0 Å². The second-order valence-electron chi connectivity index (χ2n) is 2.57. The van der Waals surface area contributed by atoms with Crippen molar-refractivity contribution in [1.82, 2.24) is 10.2 Å². The lowest BCUT2D eigenvalue weighted by Gasteiger charge is -1.99. The molecule has 0 aliphatic rings. The van der Waals surface area contributed by atoms with Crippen LogP contribution in [0.2, 0.25) is 0 Å². The molecule has 2 nitrogen and oxygen atoms in total. The highest BCUT2D eigenvalue weighted by Gasteiger charge is 2.08. The Bertz CT molecular complexity index is 425. The van der Waals surface area contributed by atoms with Gasteiger partial charge in [-0.05, 0) is 28.1 Å². The lowest BCUT2D eigenvalue weighted by molar-refractivity contribution is 0.630. The van der Waals surface area contributed by atoms with Gasteiger partial charge in [0.05, 0.1) is 16.4 Å². The molecule has 1 N–H and O–H groups in total. The molecule has 1 aromatic carbocycles. The van der Waals surface area contributed by atoms with Gasteiger partial charge in [-0.15, -0.1) is 0 Å². The number of aromatic nitrogens is 2. The number of nitrogens with zero attached hydrogens (tertiary/aromatic N) is 1. The Kier molecular flexibility index (Phi) is 2.14. The summed E-state index contributed by atoms with van der Waals surface area (Å²) in [6.07, 6.45) is 1.60. The molecule has 0 saturated heterocycles. The first-order valence-corrected chi connectivity index (χ1v) is 4.52. The Hall–Kier alpha value is -1.16. The molecule has 1 heterocycles. The maximum Gasteiger partial charge on any atom is 0.132 e. The van der Waals surface area contributed by atoms with Crippen molar-refractivity contribution in [2.24, 2.45) is 0 Å². The zero-order valence-electron chi connectivity index (χ0n) is 6.59. The first kappa shape index (κ1) is 8.44. The third-order valence-electron chi connectivity index (χ3n) is 1.74. The van der Waals surface area contributed by atoms with E-state index in [2.05, 4.69) is 26.1 Å². The Balaban J connectivity index is 2.59. The molecular weight excluding hydrogens is 235 g/mol. The quantitative estimate of drug-likeness (QED) is 0.816. The van der Waals surface area contributed by atoms with Gasteiger partial charge in [0.2, 0.25) is 0 Å². The second-order valence-corrected chi connectivity index (χ2v) is 3.43. The highest BCUT2D eigenvalue weighted by atomic mass is 79.9. The van der Waals surface area contributed by atoms with Crippen LogP contribution >= 0.6 is 15.9 Å². The van der Waals surface area contributed by atoms with E-state index in [4.69, 9.17) is 0 Å². The van der Waals surface area contributed by atoms with Gasteiger partial charge in [-0.2, -0.15) is 5.10 Å². The molecule has 66 valence electrons. The second kappa shape index (κ2) is 3.30. The van der Waals surface area contributed by atoms with Crippen LogP contribution in [0.25, 0.3) is 11.3 Å². The topological polar surface area (TPSA) is 28.7 Å². The molecule has 0 aliphatic carbocycles. The van der Waals surface area contributed by atoms with E-state index in [1.54, 1.807) is 24.4 Å². The monoisotopic (exact) mass is 240 g/mol. The summed E-state index contributed by atoms with van der Waals surface area (Å²) in [6, 6.07) is 6.56. The smallest absolute Gasteiger partial charge is 0.132 e. The Morgan fingerprint density at radius 2 is 2.08 bits per heavy atom. The molecule has 0 spiro atoms. The molecule has 2 aromatic rings. The van der Waals surface area contributed by atoms with E-state index in [0.717, 1.165) is 4.47 Å². The van der Waals surface area contributed by atoms with Crippen LogP contribution < -0.4 is 0 Å². The van der Waals surface area contributed by atoms with Gasteiger partial charge < -0.3 is 0 Å². The fraction of sp³-hybridized carbons (Fsp3) is 0. The number of benzene rings is 1. The summed E-state index contributed by atoms with van der Waals surface area (Å²) in [4.78, 5) is 0. The predicted octanol–water partition coefficient (Wildman–Crippen LogP) is 2.98. The van der Waals surface area contributed by atoms with Crippen molar-refractivity contribution in [2.75, 3.05) is 0 Å². The maximum absolute atomic E-state index is 13.3. The number of hydrogen-bond acceptors (Lipinski definition) is 1. The van der Waals surface area contributed by atoms with Gasteiger partial charge in [-0.25, -0.2) is 4.39 Å². The Morgan fingerprint density at radius 1 is 1.31 bits per heavy atom. The number of H-pyrrole nitrogens is 1. The van der Waals surface area contributed by atoms with Gasteiger partial charge in [0.15, 0.2) is 0 Å². The summed E-state index contributed by atoms with van der Waals surface area (Å²) in [6.45, 7) is 0. The molecule has 1 aromatic heterocycles. The van der Waals surface area contributed by atoms with E-state index in [9.17, 15) is 4.39 Å². The SMILES string of the molecule is Fc1ccccc1-c1[nH]ncc1Br. The van der Waals surface area contributed by atoms with Crippen molar-refractivity contribution >= 4 is 15.9 Å². The Labute approximate surface area is 82.9 Å². The minimum absolute atomic E-state index is 0.257. The molecule has 0 unspecified atom stereocenters. The van der Waals surface area contributed by atoms with E-state index in [1.807, 2.05) is 0 Å². The van der Waals surface area contributed by atoms with Crippen LogP contribution in [-0.2, 0) is 0 Å². The van der Waals surface area contributed by atoms with Gasteiger partial charge in [-0.3, -0.25) is 5.10 Å². The molecule has 0 bridgehead atoms. The summed E-state index contributed by atoms with van der Waals surface area (Å²) in [7, 11) is 0. The van der Waals surface area contributed by atoms with E-state index in [0.29, 0.717) is 11.3 Å². The third-order valence-corrected chi connectivity index (χ3v) is 2.34. The van der Waals surface area contributed by atoms with Gasteiger partial charge in [-0.1, -0.05) is 12.1 Å². The molecular formula is C9H6BrFN2. The van der Waals surface area contributed by atoms with Crippen LogP contribution in [0.1, 0.15) is 0 Å². The molecule has 0 amide bonds. The molecule has 2 rings (SSSR count). The molecule has 4 heteroatoms. The largest absolute Gasteiger partial charge is 0.277 e. The standard InChI is InChI=1S/C9H6BrFN2/c10-7-5-12-13-9(7)6-3-1-2-4-8(6)11/h1-5H,(H,12,13). The molecule has 0 fully saturated rings. The number of aromatic amines is 1. The lowest BCUT2D eigenvalue weighted by atomic mass is 10.1. The highest BCUT2D eigenvalue weighted by molar-refractivity contribution is 9.10. The van der Waals surface area contributed by atoms with Crippen LogP contribution in [0.3, 0.4) is 0 Å². The van der Waals surface area contributed by atoms with Crippen molar-refractivity contribution < 1.29 is 4.39 Å². The summed E-state index contributed by atoms with van der Waals surface area (Å²) >= 11 is 3.28. The summed E-state index contributed by atoms with van der Waals surface area (Å²) in [5.74, 6) is -0.257. The molecule has 0 saturated carbocycles. The van der Waals surface area contributed by atoms with Crippen LogP contribution in [0, 0.1) is 5.82 Å². The first-order valence-electron chi connectivity index (χ1n) is 3.73. The van der Waals surface area contributed by atoms with Crippen molar-refractivity contribution in [3.05, 3.63) is 40.8 Å². The lowest BCUT2D eigenvalue weighted by Crippen LogP contribution is -1.84. The average molecular weight is 241 g/mol. The fourth-order valence-electron chi connectivity index (χ4n) is 1.12. The molecule has 0 atom stereocenters. The van der Waals surface area contributed by atoms with E-state index < -0.39 is 0 Å².